The molecular formula is C18H27ClN2O2. The van der Waals surface area contributed by atoms with Gasteiger partial charge in [-0.2, -0.15) is 0 Å². The molecule has 0 aliphatic rings. The van der Waals surface area contributed by atoms with Gasteiger partial charge in [-0.1, -0.05) is 45.9 Å². The Hall–Kier alpha value is -1.52. The van der Waals surface area contributed by atoms with E-state index >= 15 is 0 Å². The molecule has 0 spiro atoms. The van der Waals surface area contributed by atoms with Gasteiger partial charge in [0.2, 0.25) is 5.91 Å². The summed E-state index contributed by atoms with van der Waals surface area (Å²) >= 11 is 0. The van der Waals surface area contributed by atoms with E-state index in [1.165, 1.54) is 0 Å². The maximum absolute atomic E-state index is 12.5. The van der Waals surface area contributed by atoms with E-state index in [0.717, 1.165) is 28.7 Å². The maximum Gasteiger partial charge on any atom is 0.240 e. The number of amides is 1. The normalized spacial score (nSPS) is 12.8. The third-order valence-electron chi connectivity index (χ3n) is 4.07. The van der Waals surface area contributed by atoms with Crippen molar-refractivity contribution in [1.29, 1.82) is 0 Å². The molecule has 0 bridgehead atoms. The highest BCUT2D eigenvalue weighted by molar-refractivity contribution is 5.85. The summed E-state index contributed by atoms with van der Waals surface area (Å²) in [6, 6.07) is 7.43. The van der Waals surface area contributed by atoms with Crippen LogP contribution in [0.2, 0.25) is 0 Å². The Balaban J connectivity index is 0.00000264. The van der Waals surface area contributed by atoms with Crippen molar-refractivity contribution in [3.05, 3.63) is 35.6 Å². The van der Waals surface area contributed by atoms with Crippen LogP contribution in [-0.4, -0.2) is 23.9 Å². The fraction of sp³-hybridized carbons (Fsp3) is 0.500. The van der Waals surface area contributed by atoms with Crippen LogP contribution in [0, 0.1) is 5.41 Å². The lowest BCUT2D eigenvalue weighted by Crippen LogP contribution is -2.48. The number of likely N-dealkylation sites (N-methyl/N-ethyl adjacent to an activating group) is 1. The van der Waals surface area contributed by atoms with Crippen LogP contribution < -0.4 is 5.73 Å². The monoisotopic (exact) mass is 338 g/mol. The van der Waals surface area contributed by atoms with Gasteiger partial charge in [0.15, 0.2) is 0 Å². The molecule has 1 aromatic heterocycles. The average Bonchev–Trinajstić information content (AvgIpc) is 2.82. The van der Waals surface area contributed by atoms with Crippen LogP contribution in [0.1, 0.15) is 39.0 Å². The first-order chi connectivity index (χ1) is 10.3. The van der Waals surface area contributed by atoms with Crippen molar-refractivity contribution < 1.29 is 9.21 Å². The van der Waals surface area contributed by atoms with Crippen molar-refractivity contribution >= 4 is 29.3 Å². The Bertz CT molecular complexity index is 673. The van der Waals surface area contributed by atoms with Crippen LogP contribution >= 0.6 is 12.4 Å². The van der Waals surface area contributed by atoms with Crippen molar-refractivity contribution in [1.82, 2.24) is 4.90 Å². The molecule has 0 saturated heterocycles. The number of para-hydroxylation sites is 1. The molecule has 0 radical (unpaired) electrons. The molecule has 0 saturated carbocycles. The molecule has 0 aliphatic carbocycles. The topological polar surface area (TPSA) is 59.5 Å². The Morgan fingerprint density at radius 1 is 1.30 bits per heavy atom. The molecule has 4 nitrogen and oxygen atoms in total. The van der Waals surface area contributed by atoms with E-state index < -0.39 is 6.04 Å². The van der Waals surface area contributed by atoms with Gasteiger partial charge in [0.05, 0.1) is 6.04 Å². The van der Waals surface area contributed by atoms with E-state index in [2.05, 4.69) is 6.92 Å². The van der Waals surface area contributed by atoms with Crippen LogP contribution in [0.4, 0.5) is 0 Å². The van der Waals surface area contributed by atoms with Gasteiger partial charge in [-0.15, -0.1) is 12.4 Å². The molecule has 2 N–H and O–H groups in total. The number of nitrogens with two attached hydrogens (primary N) is 1. The first kappa shape index (κ1) is 19.5. The van der Waals surface area contributed by atoms with E-state index in [-0.39, 0.29) is 23.7 Å². The molecule has 0 aliphatic heterocycles. The third-order valence-corrected chi connectivity index (χ3v) is 4.07. The quantitative estimate of drug-likeness (QED) is 0.923. The van der Waals surface area contributed by atoms with Crippen LogP contribution in [0.25, 0.3) is 11.0 Å². The van der Waals surface area contributed by atoms with Gasteiger partial charge >= 0.3 is 0 Å². The molecule has 128 valence electrons. The van der Waals surface area contributed by atoms with E-state index in [0.29, 0.717) is 6.54 Å². The molecule has 2 aromatic rings. The minimum Gasteiger partial charge on any atom is -0.461 e. The zero-order chi connectivity index (χ0) is 16.5. The molecule has 0 unspecified atom stereocenters. The van der Waals surface area contributed by atoms with Gasteiger partial charge in [0.1, 0.15) is 11.3 Å². The number of carbonyl (C=O) groups excluding carboxylic acids is 1. The lowest BCUT2D eigenvalue weighted by Gasteiger charge is -2.30. The molecule has 1 aromatic carbocycles. The summed E-state index contributed by atoms with van der Waals surface area (Å²) in [4.78, 5) is 14.2. The zero-order valence-electron chi connectivity index (χ0n) is 14.6. The number of hydrogen-bond acceptors (Lipinski definition) is 3. The second-order valence-electron chi connectivity index (χ2n) is 6.89. The highest BCUT2D eigenvalue weighted by Crippen LogP contribution is 2.28. The molecule has 1 amide bonds. The van der Waals surface area contributed by atoms with Crippen LogP contribution in [0.3, 0.4) is 0 Å². The number of hydrogen-bond donors (Lipinski definition) is 1. The highest BCUT2D eigenvalue weighted by Gasteiger charge is 2.30. The van der Waals surface area contributed by atoms with Crippen molar-refractivity contribution in [2.75, 3.05) is 7.05 Å². The predicted molar refractivity (Wildman–Crippen MR) is 96.7 cm³/mol. The fourth-order valence-corrected chi connectivity index (χ4v) is 2.53. The van der Waals surface area contributed by atoms with Crippen molar-refractivity contribution in [3.63, 3.8) is 0 Å². The summed E-state index contributed by atoms with van der Waals surface area (Å²) < 4.78 is 5.89. The predicted octanol–water partition coefficient (Wildman–Crippen LogP) is 3.75. The van der Waals surface area contributed by atoms with E-state index in [1.807, 2.05) is 45.0 Å². The number of aryl methyl sites for hydroxylation is 1. The van der Waals surface area contributed by atoms with Gasteiger partial charge in [-0.05, 0) is 11.5 Å². The van der Waals surface area contributed by atoms with Crippen molar-refractivity contribution in [3.8, 4) is 0 Å². The Kier molecular flexibility index (Phi) is 6.25. The van der Waals surface area contributed by atoms with Gasteiger partial charge < -0.3 is 15.1 Å². The summed E-state index contributed by atoms with van der Waals surface area (Å²) in [6.07, 6.45) is 0.803. The minimum atomic E-state index is -0.513. The fourth-order valence-electron chi connectivity index (χ4n) is 2.53. The van der Waals surface area contributed by atoms with E-state index in [9.17, 15) is 4.79 Å². The van der Waals surface area contributed by atoms with Crippen molar-refractivity contribution in [2.45, 2.75) is 46.7 Å². The maximum atomic E-state index is 12.5. The number of benzene rings is 1. The van der Waals surface area contributed by atoms with Crippen LogP contribution in [0.5, 0.6) is 0 Å². The Morgan fingerprint density at radius 2 is 1.91 bits per heavy atom. The summed E-state index contributed by atoms with van der Waals surface area (Å²) in [5.74, 6) is 0.894. The first-order valence-electron chi connectivity index (χ1n) is 7.75. The Labute approximate surface area is 144 Å². The second-order valence-corrected chi connectivity index (χ2v) is 6.89. The molecule has 1 atom stereocenters. The lowest BCUT2D eigenvalue weighted by molar-refractivity contribution is -0.134. The number of nitrogens with zero attached hydrogens (tertiary/aromatic N) is 1. The van der Waals surface area contributed by atoms with Gasteiger partial charge in [-0.3, -0.25) is 4.79 Å². The molecule has 2 rings (SSSR count). The molecular weight excluding hydrogens is 312 g/mol. The summed E-state index contributed by atoms with van der Waals surface area (Å²) in [5.41, 5.74) is 7.79. The van der Waals surface area contributed by atoms with Crippen LogP contribution in [-0.2, 0) is 17.8 Å². The Morgan fingerprint density at radius 3 is 2.48 bits per heavy atom. The zero-order valence-corrected chi connectivity index (χ0v) is 15.4. The van der Waals surface area contributed by atoms with Gasteiger partial charge in [0.25, 0.3) is 0 Å². The lowest BCUT2D eigenvalue weighted by atomic mass is 9.86. The number of furan rings is 1. The highest BCUT2D eigenvalue weighted by atomic mass is 35.5. The number of rotatable bonds is 4. The number of halogens is 1. The van der Waals surface area contributed by atoms with Crippen molar-refractivity contribution in [2.24, 2.45) is 11.1 Å². The van der Waals surface area contributed by atoms with E-state index in [4.69, 9.17) is 10.2 Å². The second kappa shape index (κ2) is 7.37. The SMILES string of the molecule is CCc1oc2ccccc2c1CN(C)C(=O)[C@@H](N)C(C)(C)C.Cl. The summed E-state index contributed by atoms with van der Waals surface area (Å²) in [5, 5.41) is 1.07. The standard InChI is InChI=1S/C18H26N2O2.ClH/c1-6-14-13(12-9-7-8-10-15(12)22-14)11-20(5)17(21)16(19)18(2,3)4;/h7-10,16H,6,11,19H2,1-5H3;1H/t16-;/m1./s1. The molecule has 0 fully saturated rings. The van der Waals surface area contributed by atoms with Gasteiger partial charge in [0, 0.05) is 31.0 Å². The smallest absolute Gasteiger partial charge is 0.240 e. The average molecular weight is 339 g/mol. The summed E-state index contributed by atoms with van der Waals surface area (Å²) in [6.45, 7) is 8.52. The minimum absolute atomic E-state index is 0. The van der Waals surface area contributed by atoms with Gasteiger partial charge in [-0.25, -0.2) is 0 Å². The van der Waals surface area contributed by atoms with E-state index in [1.54, 1.807) is 11.9 Å². The summed E-state index contributed by atoms with van der Waals surface area (Å²) in [7, 11) is 1.80. The number of fused-ring (bicyclic) bond motifs is 1. The van der Waals surface area contributed by atoms with Crippen LogP contribution in [0.15, 0.2) is 28.7 Å². The largest absolute Gasteiger partial charge is 0.461 e. The molecule has 5 heteroatoms. The molecule has 23 heavy (non-hydrogen) atoms. The third kappa shape index (κ3) is 4.06. The first-order valence-corrected chi connectivity index (χ1v) is 7.75. The molecule has 1 heterocycles. The number of carbonyl (C=O) groups is 1.